The smallest absolute Gasteiger partial charge is 0.277 e. The van der Waals surface area contributed by atoms with Crippen molar-refractivity contribution < 1.29 is 9.59 Å². The molecule has 2 unspecified atom stereocenters. The molecule has 6 heteroatoms. The third-order valence-electron chi connectivity index (χ3n) is 5.77. The molecule has 6 nitrogen and oxygen atoms in total. The number of hydrogen-bond acceptors (Lipinski definition) is 5. The van der Waals surface area contributed by atoms with Crippen LogP contribution >= 0.6 is 0 Å². The molecule has 2 bridgehead atoms. The number of rotatable bonds is 3. The van der Waals surface area contributed by atoms with Gasteiger partial charge in [0.1, 0.15) is 11.6 Å². The summed E-state index contributed by atoms with van der Waals surface area (Å²) in [4.78, 5) is 28.4. The van der Waals surface area contributed by atoms with Crippen molar-refractivity contribution >= 4 is 23.2 Å². The van der Waals surface area contributed by atoms with Crippen LogP contribution in [0.25, 0.3) is 0 Å². The lowest BCUT2D eigenvalue weighted by molar-refractivity contribution is -0.123. The third kappa shape index (κ3) is 3.89. The molecular formula is C22H28N4O2. The first-order chi connectivity index (χ1) is 13.0. The number of imide groups is 1. The number of nitriles is 1. The lowest BCUT2D eigenvalue weighted by Gasteiger charge is -2.39. The summed E-state index contributed by atoms with van der Waals surface area (Å²) in [6.45, 7) is 8.97. The lowest BCUT2D eigenvalue weighted by Crippen LogP contribution is -2.37. The van der Waals surface area contributed by atoms with Crippen molar-refractivity contribution in [2.45, 2.75) is 53.0 Å². The molecule has 1 aliphatic carbocycles. The number of anilines is 2. The zero-order valence-corrected chi connectivity index (χ0v) is 17.0. The normalized spacial score (nSPS) is 25.9. The summed E-state index contributed by atoms with van der Waals surface area (Å²) in [6.07, 6.45) is 4.88. The Morgan fingerprint density at radius 3 is 2.46 bits per heavy atom. The number of nitrogens with zero attached hydrogens (tertiary/aromatic N) is 3. The number of carbonyl (C=O) groups excluding carboxylic acids is 2. The number of fused-ring (bicyclic) bond motifs is 2. The van der Waals surface area contributed by atoms with Gasteiger partial charge in [-0.05, 0) is 54.4 Å². The molecule has 2 N–H and O–H groups in total. The maximum atomic E-state index is 13.0. The van der Waals surface area contributed by atoms with Crippen LogP contribution in [0.1, 0.15) is 47.0 Å². The second-order valence-corrected chi connectivity index (χ2v) is 9.29. The number of amides is 2. The summed E-state index contributed by atoms with van der Waals surface area (Å²) in [5.74, 6) is -1.05. The molecule has 0 aromatic heterocycles. The van der Waals surface area contributed by atoms with Gasteiger partial charge in [0, 0.05) is 31.4 Å². The lowest BCUT2D eigenvalue weighted by atomic mass is 9.65. The van der Waals surface area contributed by atoms with Crippen LogP contribution in [0.3, 0.4) is 0 Å². The molecule has 1 aromatic carbocycles. The Kier molecular flexibility index (Phi) is 4.97. The largest absolute Gasteiger partial charge is 0.399 e. The standard InChI is InChI=1S/C22H28N4O2/c1-15(27)26(18-7-5-17(24)6-8-18)20(28)16(11-23)12-25-14-22(4)10-19(25)9-21(2,3)13-22/h5-8,12,19H,9-10,13-14,24H2,1-4H3/b16-12-. The molecule has 0 spiro atoms. The minimum Gasteiger partial charge on any atom is -0.399 e. The van der Waals surface area contributed by atoms with Gasteiger partial charge in [0.2, 0.25) is 5.91 Å². The Morgan fingerprint density at radius 2 is 1.89 bits per heavy atom. The average molecular weight is 380 g/mol. The van der Waals surface area contributed by atoms with Crippen LogP contribution in [-0.4, -0.2) is 29.3 Å². The molecule has 2 aliphatic rings. The van der Waals surface area contributed by atoms with E-state index in [1.807, 2.05) is 6.07 Å². The fourth-order valence-corrected chi connectivity index (χ4v) is 5.14. The van der Waals surface area contributed by atoms with E-state index in [1.165, 1.54) is 6.92 Å². The molecule has 2 amide bonds. The highest BCUT2D eigenvalue weighted by atomic mass is 16.2. The van der Waals surface area contributed by atoms with Crippen LogP contribution in [0.4, 0.5) is 11.4 Å². The van der Waals surface area contributed by atoms with Crippen LogP contribution in [0.5, 0.6) is 0 Å². The van der Waals surface area contributed by atoms with Crippen LogP contribution in [0, 0.1) is 22.2 Å². The molecular weight excluding hydrogens is 352 g/mol. The molecule has 1 saturated heterocycles. The quantitative estimate of drug-likeness (QED) is 0.493. The van der Waals surface area contributed by atoms with Gasteiger partial charge in [-0.15, -0.1) is 0 Å². The maximum absolute atomic E-state index is 13.0. The molecule has 0 radical (unpaired) electrons. The summed E-state index contributed by atoms with van der Waals surface area (Å²) >= 11 is 0. The Morgan fingerprint density at radius 1 is 1.25 bits per heavy atom. The fourth-order valence-electron chi connectivity index (χ4n) is 5.14. The van der Waals surface area contributed by atoms with Crippen LogP contribution in [0.2, 0.25) is 0 Å². The fraction of sp³-hybridized carbons (Fsp3) is 0.500. The van der Waals surface area contributed by atoms with E-state index in [4.69, 9.17) is 5.73 Å². The summed E-state index contributed by atoms with van der Waals surface area (Å²) in [5.41, 5.74) is 7.04. The van der Waals surface area contributed by atoms with E-state index in [2.05, 4.69) is 25.7 Å². The predicted octanol–water partition coefficient (Wildman–Crippen LogP) is 3.46. The van der Waals surface area contributed by atoms with Crippen molar-refractivity contribution in [1.29, 1.82) is 5.26 Å². The van der Waals surface area contributed by atoms with Gasteiger partial charge in [0.25, 0.3) is 5.91 Å². The Labute approximate surface area is 166 Å². The van der Waals surface area contributed by atoms with Crippen molar-refractivity contribution in [2.75, 3.05) is 17.2 Å². The summed E-state index contributed by atoms with van der Waals surface area (Å²) in [5, 5.41) is 9.66. The minimum atomic E-state index is -0.606. The molecule has 1 heterocycles. The molecule has 1 saturated carbocycles. The highest BCUT2D eigenvalue weighted by molar-refractivity contribution is 6.21. The Hall–Kier alpha value is -2.81. The van der Waals surface area contributed by atoms with Crippen LogP contribution in [0.15, 0.2) is 36.0 Å². The van der Waals surface area contributed by atoms with Crippen molar-refractivity contribution in [1.82, 2.24) is 4.90 Å². The van der Waals surface area contributed by atoms with E-state index in [1.54, 1.807) is 30.5 Å². The van der Waals surface area contributed by atoms with Crippen LogP contribution in [-0.2, 0) is 9.59 Å². The van der Waals surface area contributed by atoms with E-state index in [0.717, 1.165) is 30.7 Å². The van der Waals surface area contributed by atoms with Crippen molar-refractivity contribution in [3.8, 4) is 6.07 Å². The number of nitrogens with two attached hydrogens (primary N) is 1. The highest BCUT2D eigenvalue weighted by Crippen LogP contribution is 2.52. The third-order valence-corrected chi connectivity index (χ3v) is 5.77. The Bertz CT molecular complexity index is 866. The van der Waals surface area contributed by atoms with Crippen molar-refractivity contribution in [3.05, 3.63) is 36.0 Å². The zero-order chi connectivity index (χ0) is 20.7. The van der Waals surface area contributed by atoms with Gasteiger partial charge >= 0.3 is 0 Å². The first kappa shape index (κ1) is 19.9. The minimum absolute atomic E-state index is 0.0269. The summed E-state index contributed by atoms with van der Waals surface area (Å²) in [6, 6.07) is 8.79. The molecule has 1 aliphatic heterocycles. The molecule has 2 fully saturated rings. The number of likely N-dealkylation sites (tertiary alicyclic amines) is 1. The van der Waals surface area contributed by atoms with E-state index in [0.29, 0.717) is 17.4 Å². The number of hydrogen-bond donors (Lipinski definition) is 1. The second-order valence-electron chi connectivity index (χ2n) is 9.29. The van der Waals surface area contributed by atoms with Gasteiger partial charge in [-0.1, -0.05) is 20.8 Å². The summed E-state index contributed by atoms with van der Waals surface area (Å²) < 4.78 is 0. The number of benzene rings is 1. The van der Waals surface area contributed by atoms with Gasteiger partial charge in [0.05, 0.1) is 5.69 Å². The SMILES string of the molecule is CC(=O)N(C(=O)/C(C#N)=C\N1CC2(C)CC1CC(C)(C)C2)c1ccc(N)cc1. The predicted molar refractivity (Wildman–Crippen MR) is 109 cm³/mol. The van der Waals surface area contributed by atoms with Gasteiger partial charge in [-0.2, -0.15) is 5.26 Å². The zero-order valence-electron chi connectivity index (χ0n) is 17.0. The van der Waals surface area contributed by atoms with Gasteiger partial charge in [-0.25, -0.2) is 4.90 Å². The number of nitrogen functional groups attached to an aromatic ring is 1. The van der Waals surface area contributed by atoms with Crippen molar-refractivity contribution in [3.63, 3.8) is 0 Å². The molecule has 148 valence electrons. The molecule has 28 heavy (non-hydrogen) atoms. The highest BCUT2D eigenvalue weighted by Gasteiger charge is 2.49. The van der Waals surface area contributed by atoms with E-state index >= 15 is 0 Å². The van der Waals surface area contributed by atoms with Gasteiger partial charge < -0.3 is 10.6 Å². The first-order valence-corrected chi connectivity index (χ1v) is 9.62. The summed E-state index contributed by atoms with van der Waals surface area (Å²) in [7, 11) is 0. The van der Waals surface area contributed by atoms with E-state index in [9.17, 15) is 14.9 Å². The van der Waals surface area contributed by atoms with E-state index in [-0.39, 0.29) is 16.4 Å². The topological polar surface area (TPSA) is 90.4 Å². The van der Waals surface area contributed by atoms with E-state index < -0.39 is 11.8 Å². The van der Waals surface area contributed by atoms with Gasteiger partial charge in [-0.3, -0.25) is 9.59 Å². The molecule has 3 rings (SSSR count). The Balaban J connectivity index is 1.90. The van der Waals surface area contributed by atoms with Crippen molar-refractivity contribution in [2.24, 2.45) is 10.8 Å². The first-order valence-electron chi connectivity index (χ1n) is 9.62. The molecule has 1 aromatic rings. The molecule has 2 atom stereocenters. The monoisotopic (exact) mass is 380 g/mol. The average Bonchev–Trinajstić information content (AvgIpc) is 2.82. The second kappa shape index (κ2) is 6.97. The van der Waals surface area contributed by atoms with Crippen LogP contribution < -0.4 is 10.6 Å². The maximum Gasteiger partial charge on any atom is 0.277 e. The van der Waals surface area contributed by atoms with Gasteiger partial charge in [0.15, 0.2) is 0 Å². The number of carbonyl (C=O) groups is 2.